The van der Waals surface area contributed by atoms with Crippen LogP contribution in [-0.2, 0) is 17.8 Å². The summed E-state index contributed by atoms with van der Waals surface area (Å²) in [5.74, 6) is 1.64. The lowest BCUT2D eigenvalue weighted by molar-refractivity contribution is -0.113. The van der Waals surface area contributed by atoms with Crippen LogP contribution in [-0.4, -0.2) is 26.4 Å². The Labute approximate surface area is 162 Å². The molecule has 1 aromatic carbocycles. The van der Waals surface area contributed by atoms with Gasteiger partial charge in [-0.1, -0.05) is 36.9 Å². The number of thioether (sulfide) groups is 1. The molecule has 0 aliphatic heterocycles. The molecule has 6 nitrogen and oxygen atoms in total. The number of furan rings is 1. The minimum Gasteiger partial charge on any atom is -0.469 e. The highest BCUT2D eigenvalue weighted by Crippen LogP contribution is 2.27. The van der Waals surface area contributed by atoms with Crippen LogP contribution in [0.1, 0.15) is 18.2 Å². The van der Waals surface area contributed by atoms with E-state index in [0.717, 1.165) is 23.4 Å². The maximum atomic E-state index is 12.3. The molecule has 0 unspecified atom stereocenters. The van der Waals surface area contributed by atoms with E-state index >= 15 is 0 Å². The standard InChI is InChI=1S/C20H22N4O2S/c1-4-11-24-19(17-10-12-26-14(17)3)22-23-20(24)27-13-18(25)21-16-8-6-15(5-2)7-9-16/h4,6-10,12H,1,5,11,13H2,2-3H3,(H,21,25). The molecule has 2 heterocycles. The van der Waals surface area contributed by atoms with Crippen molar-refractivity contribution in [1.82, 2.24) is 14.8 Å². The molecule has 140 valence electrons. The maximum Gasteiger partial charge on any atom is 0.234 e. The Hall–Kier alpha value is -2.80. The number of nitrogens with one attached hydrogen (secondary N) is 1. The number of rotatable bonds is 8. The SMILES string of the molecule is C=CCn1c(SCC(=O)Nc2ccc(CC)cc2)nnc1-c1ccoc1C. The minimum atomic E-state index is -0.0848. The highest BCUT2D eigenvalue weighted by molar-refractivity contribution is 7.99. The molecule has 0 radical (unpaired) electrons. The fourth-order valence-electron chi connectivity index (χ4n) is 2.66. The van der Waals surface area contributed by atoms with Gasteiger partial charge in [-0.2, -0.15) is 0 Å². The number of allylic oxidation sites excluding steroid dienone is 1. The Balaban J connectivity index is 1.68. The summed E-state index contributed by atoms with van der Waals surface area (Å²) in [5, 5.41) is 12.1. The molecule has 1 N–H and O–H groups in total. The number of hydrogen-bond donors (Lipinski definition) is 1. The number of carbonyl (C=O) groups excluding carboxylic acids is 1. The Morgan fingerprint density at radius 3 is 2.70 bits per heavy atom. The number of aryl methyl sites for hydroxylation is 2. The number of benzene rings is 1. The number of anilines is 1. The molecule has 0 spiro atoms. The van der Waals surface area contributed by atoms with E-state index in [1.165, 1.54) is 17.3 Å². The molecule has 1 amide bonds. The first kappa shape index (κ1) is 19.0. The molecule has 3 aromatic rings. The molecule has 0 aliphatic carbocycles. The van der Waals surface area contributed by atoms with Crippen LogP contribution in [0.4, 0.5) is 5.69 Å². The van der Waals surface area contributed by atoms with Gasteiger partial charge in [0.25, 0.3) is 0 Å². The molecule has 27 heavy (non-hydrogen) atoms. The summed E-state index contributed by atoms with van der Waals surface area (Å²) >= 11 is 1.34. The average molecular weight is 382 g/mol. The topological polar surface area (TPSA) is 73.0 Å². The van der Waals surface area contributed by atoms with Crippen LogP contribution in [0, 0.1) is 6.92 Å². The van der Waals surface area contributed by atoms with Crippen molar-refractivity contribution in [2.24, 2.45) is 0 Å². The molecule has 0 saturated carbocycles. The van der Waals surface area contributed by atoms with Crippen LogP contribution in [0.15, 0.2) is 58.8 Å². The average Bonchev–Trinajstić information content (AvgIpc) is 3.27. The van der Waals surface area contributed by atoms with E-state index in [1.807, 2.05) is 41.8 Å². The third kappa shape index (κ3) is 4.49. The Morgan fingerprint density at radius 2 is 2.07 bits per heavy atom. The lowest BCUT2D eigenvalue weighted by atomic mass is 10.1. The van der Waals surface area contributed by atoms with E-state index in [0.29, 0.717) is 17.5 Å². The van der Waals surface area contributed by atoms with Gasteiger partial charge in [0.2, 0.25) is 5.91 Å². The minimum absolute atomic E-state index is 0.0848. The van der Waals surface area contributed by atoms with Gasteiger partial charge in [-0.3, -0.25) is 9.36 Å². The molecule has 3 rings (SSSR count). The van der Waals surface area contributed by atoms with Crippen molar-refractivity contribution in [2.45, 2.75) is 32.0 Å². The number of amides is 1. The summed E-state index contributed by atoms with van der Waals surface area (Å²) in [7, 11) is 0. The summed E-state index contributed by atoms with van der Waals surface area (Å²) in [4.78, 5) is 12.3. The van der Waals surface area contributed by atoms with Crippen LogP contribution >= 0.6 is 11.8 Å². The van der Waals surface area contributed by atoms with E-state index in [-0.39, 0.29) is 11.7 Å². The quantitative estimate of drug-likeness (QED) is 0.464. The second-order valence-corrected chi connectivity index (χ2v) is 6.93. The fraction of sp³-hybridized carbons (Fsp3) is 0.250. The van der Waals surface area contributed by atoms with Gasteiger partial charge in [-0.25, -0.2) is 0 Å². The zero-order valence-electron chi connectivity index (χ0n) is 15.4. The third-order valence-electron chi connectivity index (χ3n) is 4.11. The lowest BCUT2D eigenvalue weighted by Crippen LogP contribution is -2.14. The first-order valence-corrected chi connectivity index (χ1v) is 9.71. The molecule has 0 fully saturated rings. The van der Waals surface area contributed by atoms with Crippen molar-refractivity contribution in [3.8, 4) is 11.4 Å². The maximum absolute atomic E-state index is 12.3. The Kier molecular flexibility index (Phi) is 6.13. The number of carbonyl (C=O) groups is 1. The normalized spacial score (nSPS) is 10.7. The molecule has 0 atom stereocenters. The van der Waals surface area contributed by atoms with Crippen LogP contribution in [0.3, 0.4) is 0 Å². The molecular weight excluding hydrogens is 360 g/mol. The molecule has 0 saturated heterocycles. The van der Waals surface area contributed by atoms with Gasteiger partial charge in [0, 0.05) is 12.2 Å². The predicted molar refractivity (Wildman–Crippen MR) is 108 cm³/mol. The first-order chi connectivity index (χ1) is 13.1. The van der Waals surface area contributed by atoms with E-state index in [4.69, 9.17) is 4.42 Å². The van der Waals surface area contributed by atoms with Gasteiger partial charge in [0.15, 0.2) is 11.0 Å². The van der Waals surface area contributed by atoms with E-state index in [9.17, 15) is 4.79 Å². The number of nitrogens with zero attached hydrogens (tertiary/aromatic N) is 3. The van der Waals surface area contributed by atoms with Gasteiger partial charge in [0.1, 0.15) is 5.76 Å². The molecule has 2 aromatic heterocycles. The van der Waals surface area contributed by atoms with Gasteiger partial charge in [-0.05, 0) is 37.1 Å². The summed E-state index contributed by atoms with van der Waals surface area (Å²) in [6.07, 6.45) is 4.38. The summed E-state index contributed by atoms with van der Waals surface area (Å²) < 4.78 is 7.29. The predicted octanol–water partition coefficient (Wildman–Crippen LogP) is 4.33. The molecular formula is C20H22N4O2S. The second-order valence-electron chi connectivity index (χ2n) is 5.98. The number of hydrogen-bond acceptors (Lipinski definition) is 5. The summed E-state index contributed by atoms with van der Waals surface area (Å²) in [6, 6.07) is 9.73. The van der Waals surface area contributed by atoms with Crippen LogP contribution in [0.5, 0.6) is 0 Å². The van der Waals surface area contributed by atoms with Gasteiger partial charge in [0.05, 0.1) is 17.6 Å². The van der Waals surface area contributed by atoms with Gasteiger partial charge < -0.3 is 9.73 Å². The monoisotopic (exact) mass is 382 g/mol. The van der Waals surface area contributed by atoms with Crippen molar-refractivity contribution in [3.63, 3.8) is 0 Å². The van der Waals surface area contributed by atoms with E-state index in [1.54, 1.807) is 12.3 Å². The largest absolute Gasteiger partial charge is 0.469 e. The van der Waals surface area contributed by atoms with Crippen molar-refractivity contribution < 1.29 is 9.21 Å². The molecule has 7 heteroatoms. The molecule has 0 aliphatic rings. The van der Waals surface area contributed by atoms with Crippen molar-refractivity contribution in [1.29, 1.82) is 0 Å². The highest BCUT2D eigenvalue weighted by atomic mass is 32.2. The Morgan fingerprint density at radius 1 is 1.30 bits per heavy atom. The van der Waals surface area contributed by atoms with Crippen LogP contribution in [0.25, 0.3) is 11.4 Å². The Bertz CT molecular complexity index is 928. The van der Waals surface area contributed by atoms with Crippen LogP contribution < -0.4 is 5.32 Å². The molecule has 0 bridgehead atoms. The zero-order chi connectivity index (χ0) is 19.2. The van der Waals surface area contributed by atoms with E-state index in [2.05, 4.69) is 29.0 Å². The van der Waals surface area contributed by atoms with Crippen LogP contribution in [0.2, 0.25) is 0 Å². The summed E-state index contributed by atoms with van der Waals surface area (Å²) in [6.45, 7) is 8.33. The fourth-order valence-corrected chi connectivity index (χ4v) is 3.40. The second kappa shape index (κ2) is 8.73. The summed E-state index contributed by atoms with van der Waals surface area (Å²) in [5.41, 5.74) is 2.92. The smallest absolute Gasteiger partial charge is 0.234 e. The van der Waals surface area contributed by atoms with Gasteiger partial charge >= 0.3 is 0 Å². The van der Waals surface area contributed by atoms with Crippen molar-refractivity contribution >= 4 is 23.4 Å². The first-order valence-electron chi connectivity index (χ1n) is 8.72. The number of aromatic nitrogens is 3. The van der Waals surface area contributed by atoms with Crippen molar-refractivity contribution in [2.75, 3.05) is 11.1 Å². The van der Waals surface area contributed by atoms with Gasteiger partial charge in [-0.15, -0.1) is 16.8 Å². The van der Waals surface area contributed by atoms with E-state index < -0.39 is 0 Å². The van der Waals surface area contributed by atoms with Crippen molar-refractivity contribution in [3.05, 3.63) is 60.6 Å². The third-order valence-corrected chi connectivity index (χ3v) is 5.07. The lowest BCUT2D eigenvalue weighted by Gasteiger charge is -2.08. The highest BCUT2D eigenvalue weighted by Gasteiger charge is 2.17. The zero-order valence-corrected chi connectivity index (χ0v) is 16.3.